The van der Waals surface area contributed by atoms with Gasteiger partial charge in [0.1, 0.15) is 11.5 Å². The number of aldehydes is 1. The van der Waals surface area contributed by atoms with Gasteiger partial charge in [0.05, 0.1) is 11.7 Å². The largest absolute Gasteiger partial charge is 0.323 e. The standard InChI is InChI=1S/C9H13N3O/c1-6-8(5-13)12-4-3-10-7(2)9(12)11-6/h5,7,10H,3-4H2,1-2H3/t7-/m1/s1. The Labute approximate surface area is 77.0 Å². The number of imidazole rings is 1. The molecule has 2 rings (SSSR count). The van der Waals surface area contributed by atoms with Crippen LogP contribution in [0.4, 0.5) is 0 Å². The van der Waals surface area contributed by atoms with Crippen LogP contribution in [-0.4, -0.2) is 22.4 Å². The van der Waals surface area contributed by atoms with E-state index >= 15 is 0 Å². The van der Waals surface area contributed by atoms with E-state index in [4.69, 9.17) is 0 Å². The van der Waals surface area contributed by atoms with E-state index in [0.29, 0.717) is 0 Å². The molecular weight excluding hydrogens is 166 g/mol. The maximum atomic E-state index is 10.8. The fourth-order valence-corrected chi connectivity index (χ4v) is 1.81. The van der Waals surface area contributed by atoms with E-state index in [2.05, 4.69) is 17.2 Å². The number of hydrogen-bond acceptors (Lipinski definition) is 3. The van der Waals surface area contributed by atoms with Gasteiger partial charge in [0.25, 0.3) is 0 Å². The summed E-state index contributed by atoms with van der Waals surface area (Å²) in [5, 5.41) is 3.30. The summed E-state index contributed by atoms with van der Waals surface area (Å²) in [7, 11) is 0. The third kappa shape index (κ3) is 1.18. The molecule has 2 heterocycles. The van der Waals surface area contributed by atoms with Crippen molar-refractivity contribution in [1.29, 1.82) is 0 Å². The molecule has 70 valence electrons. The number of nitrogens with zero attached hydrogens (tertiary/aromatic N) is 2. The van der Waals surface area contributed by atoms with Crippen molar-refractivity contribution in [3.63, 3.8) is 0 Å². The van der Waals surface area contributed by atoms with Gasteiger partial charge in [-0.15, -0.1) is 0 Å². The van der Waals surface area contributed by atoms with E-state index in [9.17, 15) is 4.79 Å². The van der Waals surface area contributed by atoms with Crippen molar-refractivity contribution in [3.05, 3.63) is 17.2 Å². The second-order valence-corrected chi connectivity index (χ2v) is 3.39. The van der Waals surface area contributed by atoms with Gasteiger partial charge in [-0.05, 0) is 13.8 Å². The van der Waals surface area contributed by atoms with E-state index in [1.807, 2.05) is 11.5 Å². The average Bonchev–Trinajstić information content (AvgIpc) is 2.43. The van der Waals surface area contributed by atoms with Crippen molar-refractivity contribution < 1.29 is 4.79 Å². The Kier molecular flexibility index (Phi) is 1.92. The number of aromatic nitrogens is 2. The number of nitrogens with one attached hydrogen (secondary N) is 1. The molecule has 0 saturated heterocycles. The van der Waals surface area contributed by atoms with Crippen LogP contribution >= 0.6 is 0 Å². The van der Waals surface area contributed by atoms with Crippen LogP contribution in [0.15, 0.2) is 0 Å². The van der Waals surface area contributed by atoms with Crippen molar-refractivity contribution in [1.82, 2.24) is 14.9 Å². The third-order valence-corrected chi connectivity index (χ3v) is 2.51. The lowest BCUT2D eigenvalue weighted by Crippen LogP contribution is -2.32. The molecule has 0 aromatic carbocycles. The highest BCUT2D eigenvalue weighted by Crippen LogP contribution is 2.18. The lowest BCUT2D eigenvalue weighted by molar-refractivity contribution is 0.111. The lowest BCUT2D eigenvalue weighted by atomic mass is 10.2. The molecule has 0 unspecified atom stereocenters. The topological polar surface area (TPSA) is 46.9 Å². The SMILES string of the molecule is Cc1nc2n(c1C=O)CCN[C@@H]2C. The van der Waals surface area contributed by atoms with Gasteiger partial charge in [0.2, 0.25) is 0 Å². The van der Waals surface area contributed by atoms with Crippen molar-refractivity contribution in [2.24, 2.45) is 0 Å². The molecule has 1 aliphatic heterocycles. The summed E-state index contributed by atoms with van der Waals surface area (Å²) in [5.41, 5.74) is 1.56. The Morgan fingerprint density at radius 2 is 2.46 bits per heavy atom. The summed E-state index contributed by atoms with van der Waals surface area (Å²) in [6.07, 6.45) is 0.893. The smallest absolute Gasteiger partial charge is 0.168 e. The second-order valence-electron chi connectivity index (χ2n) is 3.39. The Bertz CT molecular complexity index is 343. The number of fused-ring (bicyclic) bond motifs is 1. The van der Waals surface area contributed by atoms with Gasteiger partial charge in [-0.1, -0.05) is 0 Å². The zero-order valence-corrected chi connectivity index (χ0v) is 7.87. The van der Waals surface area contributed by atoms with Crippen LogP contribution in [0.3, 0.4) is 0 Å². The fourth-order valence-electron chi connectivity index (χ4n) is 1.81. The number of carbonyl (C=O) groups is 1. The van der Waals surface area contributed by atoms with Gasteiger partial charge in [-0.25, -0.2) is 4.98 Å². The monoisotopic (exact) mass is 179 g/mol. The molecule has 0 fully saturated rings. The van der Waals surface area contributed by atoms with E-state index in [1.165, 1.54) is 0 Å². The zero-order chi connectivity index (χ0) is 9.42. The molecule has 0 amide bonds. The Morgan fingerprint density at radius 1 is 1.69 bits per heavy atom. The van der Waals surface area contributed by atoms with Crippen LogP contribution in [0.25, 0.3) is 0 Å². The van der Waals surface area contributed by atoms with E-state index in [1.54, 1.807) is 0 Å². The predicted molar refractivity (Wildman–Crippen MR) is 48.8 cm³/mol. The summed E-state index contributed by atoms with van der Waals surface area (Å²) in [6.45, 7) is 5.69. The van der Waals surface area contributed by atoms with Gasteiger partial charge in [0.15, 0.2) is 6.29 Å². The number of rotatable bonds is 1. The molecule has 13 heavy (non-hydrogen) atoms. The van der Waals surface area contributed by atoms with E-state index in [0.717, 1.165) is 36.6 Å². The highest BCUT2D eigenvalue weighted by atomic mass is 16.1. The average molecular weight is 179 g/mol. The minimum atomic E-state index is 0.251. The molecule has 1 aromatic rings. The van der Waals surface area contributed by atoms with Crippen LogP contribution in [-0.2, 0) is 6.54 Å². The van der Waals surface area contributed by atoms with E-state index in [-0.39, 0.29) is 6.04 Å². The molecule has 1 aliphatic rings. The van der Waals surface area contributed by atoms with Crippen molar-refractivity contribution in [2.45, 2.75) is 26.4 Å². The molecule has 0 spiro atoms. The quantitative estimate of drug-likeness (QED) is 0.644. The van der Waals surface area contributed by atoms with Gasteiger partial charge in [-0.3, -0.25) is 4.79 Å². The first-order valence-electron chi connectivity index (χ1n) is 4.49. The normalized spacial score (nSPS) is 21.2. The Hall–Kier alpha value is -1.16. The minimum Gasteiger partial charge on any atom is -0.323 e. The molecule has 1 aromatic heterocycles. The Morgan fingerprint density at radius 3 is 3.15 bits per heavy atom. The molecule has 0 radical (unpaired) electrons. The van der Waals surface area contributed by atoms with Crippen LogP contribution in [0.1, 0.15) is 35.0 Å². The zero-order valence-electron chi connectivity index (χ0n) is 7.87. The summed E-state index contributed by atoms with van der Waals surface area (Å²) in [4.78, 5) is 15.2. The van der Waals surface area contributed by atoms with Crippen LogP contribution in [0, 0.1) is 6.92 Å². The molecule has 4 nitrogen and oxygen atoms in total. The molecule has 1 N–H and O–H groups in total. The number of hydrogen-bond donors (Lipinski definition) is 1. The van der Waals surface area contributed by atoms with Crippen molar-refractivity contribution in [3.8, 4) is 0 Å². The van der Waals surface area contributed by atoms with Crippen LogP contribution in [0.2, 0.25) is 0 Å². The first kappa shape index (κ1) is 8.44. The van der Waals surface area contributed by atoms with Crippen molar-refractivity contribution in [2.75, 3.05) is 6.54 Å². The summed E-state index contributed by atoms with van der Waals surface area (Å²) >= 11 is 0. The lowest BCUT2D eigenvalue weighted by Gasteiger charge is -2.22. The first-order chi connectivity index (χ1) is 6.24. The molecular formula is C9H13N3O. The molecule has 1 atom stereocenters. The van der Waals surface area contributed by atoms with Crippen LogP contribution < -0.4 is 5.32 Å². The van der Waals surface area contributed by atoms with Crippen molar-refractivity contribution >= 4 is 6.29 Å². The van der Waals surface area contributed by atoms with Gasteiger partial charge in [-0.2, -0.15) is 0 Å². The molecule has 0 aliphatic carbocycles. The molecule has 0 bridgehead atoms. The third-order valence-electron chi connectivity index (χ3n) is 2.51. The summed E-state index contributed by atoms with van der Waals surface area (Å²) in [5.74, 6) is 0.978. The highest BCUT2D eigenvalue weighted by molar-refractivity contribution is 5.74. The minimum absolute atomic E-state index is 0.251. The van der Waals surface area contributed by atoms with Crippen LogP contribution in [0.5, 0.6) is 0 Å². The maximum Gasteiger partial charge on any atom is 0.168 e. The fraction of sp³-hybridized carbons (Fsp3) is 0.556. The van der Waals surface area contributed by atoms with Gasteiger partial charge >= 0.3 is 0 Å². The first-order valence-corrected chi connectivity index (χ1v) is 4.49. The molecule has 0 saturated carbocycles. The van der Waals surface area contributed by atoms with Gasteiger partial charge < -0.3 is 9.88 Å². The van der Waals surface area contributed by atoms with E-state index < -0.39 is 0 Å². The predicted octanol–water partition coefficient (Wildman–Crippen LogP) is 0.668. The summed E-state index contributed by atoms with van der Waals surface area (Å²) < 4.78 is 2.00. The summed E-state index contributed by atoms with van der Waals surface area (Å²) in [6, 6.07) is 0.251. The Balaban J connectivity index is 2.56. The highest BCUT2D eigenvalue weighted by Gasteiger charge is 2.21. The number of aryl methyl sites for hydroxylation is 1. The molecule has 4 heteroatoms. The van der Waals surface area contributed by atoms with Gasteiger partial charge in [0, 0.05) is 13.1 Å². The second kappa shape index (κ2) is 2.96. The number of carbonyl (C=O) groups excluding carboxylic acids is 1. The maximum absolute atomic E-state index is 10.8.